The van der Waals surface area contributed by atoms with E-state index < -0.39 is 9.84 Å². The Morgan fingerprint density at radius 2 is 1.82 bits per heavy atom. The van der Waals surface area contributed by atoms with Crippen molar-refractivity contribution in [2.75, 3.05) is 18.1 Å². The molecule has 1 amide bonds. The van der Waals surface area contributed by atoms with Crippen LogP contribution in [0.5, 0.6) is 0 Å². The molecule has 1 N–H and O–H groups in total. The predicted molar refractivity (Wildman–Crippen MR) is 89.0 cm³/mol. The maximum atomic E-state index is 12.6. The highest BCUT2D eigenvalue weighted by atomic mass is 35.5. The molecule has 3 saturated heterocycles. The molecule has 0 aliphatic carbocycles. The number of nitrogens with zero attached hydrogens (tertiary/aromatic N) is 1. The molecule has 3 atom stereocenters. The fourth-order valence-corrected chi connectivity index (χ4v) is 6.10. The summed E-state index contributed by atoms with van der Waals surface area (Å²) in [5.74, 6) is 1.03. The first-order valence-corrected chi connectivity index (χ1v) is 10.0. The van der Waals surface area contributed by atoms with Gasteiger partial charge in [0.2, 0.25) is 5.91 Å². The van der Waals surface area contributed by atoms with Crippen molar-refractivity contribution in [1.82, 2.24) is 10.2 Å². The smallest absolute Gasteiger partial charge is 0.223 e. The topological polar surface area (TPSA) is 66.5 Å². The summed E-state index contributed by atoms with van der Waals surface area (Å²) < 4.78 is 23.2. The third-order valence-electron chi connectivity index (χ3n) is 5.34. The molecule has 0 saturated carbocycles. The lowest BCUT2D eigenvalue weighted by molar-refractivity contribution is -0.134. The summed E-state index contributed by atoms with van der Waals surface area (Å²) in [6.45, 7) is 2.58. The van der Waals surface area contributed by atoms with Crippen LogP contribution in [0.4, 0.5) is 0 Å². The van der Waals surface area contributed by atoms with Gasteiger partial charge in [-0.1, -0.05) is 0 Å². The van der Waals surface area contributed by atoms with Gasteiger partial charge in [-0.2, -0.15) is 0 Å². The maximum absolute atomic E-state index is 12.6. The Kier molecular flexibility index (Phi) is 5.78. The van der Waals surface area contributed by atoms with Gasteiger partial charge >= 0.3 is 0 Å². The molecule has 3 fully saturated rings. The van der Waals surface area contributed by atoms with E-state index in [1.807, 2.05) is 11.8 Å². The van der Waals surface area contributed by atoms with Crippen molar-refractivity contribution in [3.8, 4) is 0 Å². The van der Waals surface area contributed by atoms with Gasteiger partial charge in [0.05, 0.1) is 11.5 Å². The number of hydrogen-bond acceptors (Lipinski definition) is 4. The molecule has 2 bridgehead atoms. The lowest BCUT2D eigenvalue weighted by atomic mass is 9.89. The van der Waals surface area contributed by atoms with E-state index in [9.17, 15) is 13.2 Å². The van der Waals surface area contributed by atoms with Crippen molar-refractivity contribution in [2.24, 2.45) is 5.92 Å². The van der Waals surface area contributed by atoms with Crippen LogP contribution in [0.25, 0.3) is 0 Å². The molecule has 5 nitrogen and oxygen atoms in total. The average molecular weight is 351 g/mol. The second-order valence-electron chi connectivity index (χ2n) is 6.92. The van der Waals surface area contributed by atoms with Crippen LogP contribution in [-0.2, 0) is 14.6 Å². The second kappa shape index (κ2) is 7.05. The minimum atomic E-state index is -2.93. The number of hydrogen-bond donors (Lipinski definition) is 1. The van der Waals surface area contributed by atoms with Gasteiger partial charge < -0.3 is 10.2 Å². The Labute approximate surface area is 139 Å². The van der Waals surface area contributed by atoms with Crippen molar-refractivity contribution in [2.45, 2.75) is 63.6 Å². The van der Waals surface area contributed by atoms with E-state index in [1.54, 1.807) is 0 Å². The summed E-state index contributed by atoms with van der Waals surface area (Å²) in [5.41, 5.74) is 0. The van der Waals surface area contributed by atoms with Crippen LogP contribution >= 0.6 is 12.4 Å². The van der Waals surface area contributed by atoms with Crippen molar-refractivity contribution in [3.63, 3.8) is 0 Å². The van der Waals surface area contributed by atoms with Crippen molar-refractivity contribution in [1.29, 1.82) is 0 Å². The molecule has 0 radical (unpaired) electrons. The monoisotopic (exact) mass is 350 g/mol. The summed E-state index contributed by atoms with van der Waals surface area (Å²) in [4.78, 5) is 14.4. The Balaban J connectivity index is 0.00000176. The molecule has 3 aliphatic rings. The zero-order valence-electron chi connectivity index (χ0n) is 13.2. The van der Waals surface area contributed by atoms with Crippen molar-refractivity contribution >= 4 is 28.2 Å². The first-order chi connectivity index (χ1) is 9.97. The zero-order valence-corrected chi connectivity index (χ0v) is 14.8. The van der Waals surface area contributed by atoms with Crippen molar-refractivity contribution < 1.29 is 13.2 Å². The molecule has 22 heavy (non-hydrogen) atoms. The molecule has 3 heterocycles. The fourth-order valence-electron chi connectivity index (χ4n) is 4.37. The molecule has 3 unspecified atom stereocenters. The Hall–Kier alpha value is -0.330. The number of rotatable bonds is 4. The number of piperidine rings is 1. The highest BCUT2D eigenvalue weighted by Gasteiger charge is 2.37. The number of nitrogens with one attached hydrogen (secondary N) is 1. The number of amides is 1. The van der Waals surface area contributed by atoms with Crippen LogP contribution in [0.3, 0.4) is 0 Å². The van der Waals surface area contributed by atoms with Gasteiger partial charge in [0.15, 0.2) is 9.84 Å². The van der Waals surface area contributed by atoms with E-state index in [2.05, 4.69) is 5.32 Å². The van der Waals surface area contributed by atoms with E-state index in [-0.39, 0.29) is 35.9 Å². The molecule has 0 spiro atoms. The molecular formula is C15H27ClN2O3S. The Morgan fingerprint density at radius 1 is 1.18 bits per heavy atom. The van der Waals surface area contributed by atoms with E-state index >= 15 is 0 Å². The number of halogens is 1. The van der Waals surface area contributed by atoms with Gasteiger partial charge in [-0.3, -0.25) is 4.79 Å². The first-order valence-electron chi connectivity index (χ1n) is 8.23. The first kappa shape index (κ1) is 18.0. The fraction of sp³-hybridized carbons (Fsp3) is 0.933. The van der Waals surface area contributed by atoms with E-state index in [0.717, 1.165) is 12.8 Å². The minimum Gasteiger partial charge on any atom is -0.339 e. The molecule has 0 aromatic rings. The third kappa shape index (κ3) is 3.95. The summed E-state index contributed by atoms with van der Waals surface area (Å²) in [7, 11) is -2.93. The minimum absolute atomic E-state index is 0. The van der Waals surface area contributed by atoms with E-state index in [4.69, 9.17) is 0 Å². The van der Waals surface area contributed by atoms with Crippen LogP contribution < -0.4 is 5.32 Å². The quantitative estimate of drug-likeness (QED) is 0.831. The van der Waals surface area contributed by atoms with Gasteiger partial charge in [0, 0.05) is 31.1 Å². The highest BCUT2D eigenvalue weighted by molar-refractivity contribution is 7.91. The zero-order chi connectivity index (χ0) is 15.0. The van der Waals surface area contributed by atoms with Gasteiger partial charge in [0.1, 0.15) is 0 Å². The van der Waals surface area contributed by atoms with Gasteiger partial charge in [-0.05, 0) is 44.9 Å². The van der Waals surface area contributed by atoms with Crippen molar-refractivity contribution in [3.05, 3.63) is 0 Å². The van der Waals surface area contributed by atoms with Gasteiger partial charge in [-0.25, -0.2) is 8.42 Å². The molecule has 0 aromatic heterocycles. The van der Waals surface area contributed by atoms with Gasteiger partial charge in [-0.15, -0.1) is 12.4 Å². The van der Waals surface area contributed by atoms with Crippen LogP contribution in [0.15, 0.2) is 0 Å². The summed E-state index contributed by atoms with van der Waals surface area (Å²) in [6.07, 6.45) is 5.89. The summed E-state index contributed by atoms with van der Waals surface area (Å²) in [6, 6.07) is 1.11. The second-order valence-corrected chi connectivity index (χ2v) is 9.14. The van der Waals surface area contributed by atoms with E-state index in [0.29, 0.717) is 37.4 Å². The molecule has 7 heteroatoms. The molecule has 3 rings (SSSR count). The molecular weight excluding hydrogens is 324 g/mol. The average Bonchev–Trinajstić information content (AvgIpc) is 2.93. The van der Waals surface area contributed by atoms with E-state index in [1.165, 1.54) is 12.8 Å². The standard InChI is InChI=1S/C15H26N2O3S.ClH/c1-2-17(14-5-6-21(19,20)10-14)15(18)9-11-7-12-3-4-13(8-11)16-12;/h11-14,16H,2-10H2,1H3;1H. The van der Waals surface area contributed by atoms with Crippen LogP contribution in [0, 0.1) is 5.92 Å². The highest BCUT2D eigenvalue weighted by Crippen LogP contribution is 2.33. The Morgan fingerprint density at radius 3 is 2.32 bits per heavy atom. The number of sulfone groups is 1. The third-order valence-corrected chi connectivity index (χ3v) is 7.09. The predicted octanol–water partition coefficient (Wildman–Crippen LogP) is 1.36. The van der Waals surface area contributed by atoms with Crippen LogP contribution in [-0.4, -0.2) is 55.4 Å². The number of carbonyl (C=O) groups is 1. The normalized spacial score (nSPS) is 35.9. The summed E-state index contributed by atoms with van der Waals surface area (Å²) in [5, 5.41) is 3.60. The lowest BCUT2D eigenvalue weighted by Gasteiger charge is -2.32. The maximum Gasteiger partial charge on any atom is 0.223 e. The molecule has 3 aliphatic heterocycles. The van der Waals surface area contributed by atoms with Gasteiger partial charge in [0.25, 0.3) is 0 Å². The van der Waals surface area contributed by atoms with Crippen LogP contribution in [0.1, 0.15) is 45.4 Å². The molecule has 128 valence electrons. The number of carbonyl (C=O) groups excluding carboxylic acids is 1. The SMILES string of the molecule is CCN(C(=O)CC1CC2CCC(C1)N2)C1CCS(=O)(=O)C1.Cl. The lowest BCUT2D eigenvalue weighted by Crippen LogP contribution is -2.44. The Bertz CT molecular complexity index is 499. The molecule has 0 aromatic carbocycles. The number of fused-ring (bicyclic) bond motifs is 2. The summed E-state index contributed by atoms with van der Waals surface area (Å²) >= 11 is 0. The largest absolute Gasteiger partial charge is 0.339 e. The van der Waals surface area contributed by atoms with Crippen LogP contribution in [0.2, 0.25) is 0 Å².